The highest BCUT2D eigenvalue weighted by Gasteiger charge is 2.23. The van der Waals surface area contributed by atoms with E-state index in [2.05, 4.69) is 40.4 Å². The molecule has 0 spiro atoms. The first-order chi connectivity index (χ1) is 13.2. The number of hydrogen-bond donors (Lipinski definition) is 2. The van der Waals surface area contributed by atoms with E-state index in [9.17, 15) is 0 Å². The van der Waals surface area contributed by atoms with Gasteiger partial charge in [-0.15, -0.1) is 0 Å². The predicted octanol–water partition coefficient (Wildman–Crippen LogP) is 1.48. The molecule has 0 aliphatic carbocycles. The largest absolute Gasteiger partial charge is 0.454 e. The van der Waals surface area contributed by atoms with Crippen LogP contribution >= 0.6 is 0 Å². The fraction of sp³-hybridized carbons (Fsp3) is 0.650. The molecular weight excluding hydrogens is 344 g/mol. The van der Waals surface area contributed by atoms with Crippen molar-refractivity contribution in [3.8, 4) is 11.5 Å². The minimum Gasteiger partial charge on any atom is -0.454 e. The third-order valence-corrected chi connectivity index (χ3v) is 5.13. The summed E-state index contributed by atoms with van der Waals surface area (Å²) in [4.78, 5) is 6.87. The van der Waals surface area contributed by atoms with Gasteiger partial charge in [-0.1, -0.05) is 19.9 Å². The van der Waals surface area contributed by atoms with Crippen LogP contribution < -0.4 is 20.1 Å². The van der Waals surface area contributed by atoms with Crippen molar-refractivity contribution in [1.29, 1.82) is 0 Å². The highest BCUT2D eigenvalue weighted by Crippen LogP contribution is 2.32. The molecule has 0 radical (unpaired) electrons. The lowest BCUT2D eigenvalue weighted by molar-refractivity contribution is 0.00752. The zero-order valence-electron chi connectivity index (χ0n) is 16.7. The average Bonchev–Trinajstić information content (AvgIpc) is 3.15. The van der Waals surface area contributed by atoms with Crippen molar-refractivity contribution < 1.29 is 14.2 Å². The van der Waals surface area contributed by atoms with Gasteiger partial charge in [0.1, 0.15) is 0 Å². The summed E-state index contributed by atoms with van der Waals surface area (Å²) in [5, 5.41) is 6.89. The van der Waals surface area contributed by atoms with Crippen molar-refractivity contribution in [2.45, 2.75) is 26.3 Å². The number of nitrogens with zero attached hydrogens (tertiary/aromatic N) is 2. The normalized spacial score (nSPS) is 18.6. The van der Waals surface area contributed by atoms with Gasteiger partial charge in [0.2, 0.25) is 6.79 Å². The minimum absolute atomic E-state index is 0.313. The lowest BCUT2D eigenvalue weighted by atomic mass is 10.0. The summed E-state index contributed by atoms with van der Waals surface area (Å²) >= 11 is 0. The number of guanidine groups is 1. The lowest BCUT2D eigenvalue weighted by Crippen LogP contribution is -2.52. The Morgan fingerprint density at radius 2 is 1.93 bits per heavy atom. The summed E-state index contributed by atoms with van der Waals surface area (Å²) in [6.45, 7) is 10.2. The second kappa shape index (κ2) is 9.80. The van der Waals surface area contributed by atoms with Crippen molar-refractivity contribution >= 4 is 5.96 Å². The summed E-state index contributed by atoms with van der Waals surface area (Å²) in [6.07, 6.45) is 0.897. The van der Waals surface area contributed by atoms with Gasteiger partial charge in [0.15, 0.2) is 17.5 Å². The molecule has 150 valence electrons. The van der Waals surface area contributed by atoms with Gasteiger partial charge in [-0.25, -0.2) is 0 Å². The van der Waals surface area contributed by atoms with E-state index in [1.54, 1.807) is 0 Å². The van der Waals surface area contributed by atoms with Crippen molar-refractivity contribution in [3.05, 3.63) is 23.8 Å². The fourth-order valence-corrected chi connectivity index (χ4v) is 3.54. The molecule has 27 heavy (non-hydrogen) atoms. The Labute approximate surface area is 162 Å². The summed E-state index contributed by atoms with van der Waals surface area (Å²) in [7, 11) is 1.81. The summed E-state index contributed by atoms with van der Waals surface area (Å²) in [6, 6.07) is 6.58. The smallest absolute Gasteiger partial charge is 0.231 e. The summed E-state index contributed by atoms with van der Waals surface area (Å²) in [5.41, 5.74) is 1.22. The van der Waals surface area contributed by atoms with E-state index in [1.165, 1.54) is 5.56 Å². The highest BCUT2D eigenvalue weighted by molar-refractivity contribution is 5.79. The second-order valence-corrected chi connectivity index (χ2v) is 7.28. The molecule has 2 heterocycles. The van der Waals surface area contributed by atoms with Crippen LogP contribution in [0.1, 0.15) is 19.4 Å². The van der Waals surface area contributed by atoms with Gasteiger partial charge in [-0.2, -0.15) is 0 Å². The Balaban J connectivity index is 1.44. The van der Waals surface area contributed by atoms with Crippen LogP contribution in [0.4, 0.5) is 0 Å². The standard InChI is InChI=1S/C20H32N4O3/c1-15(2)17(24-8-10-25-11-9-24)13-23-20(21-3)22-7-6-16-4-5-18-19(12-16)27-14-26-18/h4-5,12,15,17H,6-11,13-14H2,1-3H3,(H2,21,22,23). The maximum atomic E-state index is 5.48. The van der Waals surface area contributed by atoms with Gasteiger partial charge in [-0.3, -0.25) is 9.89 Å². The number of nitrogens with one attached hydrogen (secondary N) is 2. The first-order valence-corrected chi connectivity index (χ1v) is 9.82. The van der Waals surface area contributed by atoms with Crippen LogP contribution in [0, 0.1) is 5.92 Å². The van der Waals surface area contributed by atoms with E-state index in [0.717, 1.165) is 63.3 Å². The second-order valence-electron chi connectivity index (χ2n) is 7.28. The first kappa shape index (κ1) is 19.8. The van der Waals surface area contributed by atoms with Gasteiger partial charge in [0.05, 0.1) is 13.2 Å². The van der Waals surface area contributed by atoms with Crippen LogP contribution in [-0.2, 0) is 11.2 Å². The zero-order valence-corrected chi connectivity index (χ0v) is 16.7. The van der Waals surface area contributed by atoms with Gasteiger partial charge in [0, 0.05) is 39.3 Å². The van der Waals surface area contributed by atoms with Crippen LogP contribution in [-0.4, -0.2) is 70.1 Å². The number of fused-ring (bicyclic) bond motifs is 1. The Kier molecular flexibility index (Phi) is 7.18. The van der Waals surface area contributed by atoms with Gasteiger partial charge >= 0.3 is 0 Å². The molecular formula is C20H32N4O3. The third kappa shape index (κ3) is 5.49. The van der Waals surface area contributed by atoms with E-state index in [0.29, 0.717) is 18.8 Å². The van der Waals surface area contributed by atoms with Gasteiger partial charge < -0.3 is 24.8 Å². The Morgan fingerprint density at radius 1 is 1.15 bits per heavy atom. The summed E-state index contributed by atoms with van der Waals surface area (Å²) in [5.74, 6) is 3.07. The number of hydrogen-bond acceptors (Lipinski definition) is 5. The Hall–Kier alpha value is -1.99. The van der Waals surface area contributed by atoms with E-state index in [1.807, 2.05) is 19.2 Å². The Morgan fingerprint density at radius 3 is 2.67 bits per heavy atom. The molecule has 1 aromatic rings. The summed E-state index contributed by atoms with van der Waals surface area (Å²) < 4.78 is 16.3. The molecule has 0 amide bonds. The molecule has 1 unspecified atom stereocenters. The number of aliphatic imine (C=N–C) groups is 1. The van der Waals surface area contributed by atoms with Crippen LogP contribution in [0.5, 0.6) is 11.5 Å². The van der Waals surface area contributed by atoms with Crippen LogP contribution in [0.3, 0.4) is 0 Å². The first-order valence-electron chi connectivity index (χ1n) is 9.82. The van der Waals surface area contributed by atoms with Crippen molar-refractivity contribution in [2.75, 3.05) is 53.2 Å². The highest BCUT2D eigenvalue weighted by atomic mass is 16.7. The maximum absolute atomic E-state index is 5.48. The SMILES string of the molecule is CN=C(NCCc1ccc2c(c1)OCO2)NCC(C(C)C)N1CCOCC1. The number of ether oxygens (including phenoxy) is 3. The fourth-order valence-electron chi connectivity index (χ4n) is 3.54. The monoisotopic (exact) mass is 376 g/mol. The van der Waals surface area contributed by atoms with E-state index in [4.69, 9.17) is 14.2 Å². The molecule has 7 heteroatoms. The number of benzene rings is 1. The molecule has 0 aromatic heterocycles. The van der Waals surface area contributed by atoms with Gasteiger partial charge in [-0.05, 0) is 30.0 Å². The van der Waals surface area contributed by atoms with E-state index in [-0.39, 0.29) is 0 Å². The molecule has 0 bridgehead atoms. The third-order valence-electron chi connectivity index (χ3n) is 5.13. The predicted molar refractivity (Wildman–Crippen MR) is 107 cm³/mol. The Bertz CT molecular complexity index is 630. The molecule has 3 rings (SSSR count). The molecule has 7 nitrogen and oxygen atoms in total. The molecule has 1 saturated heterocycles. The van der Waals surface area contributed by atoms with Crippen molar-refractivity contribution in [3.63, 3.8) is 0 Å². The van der Waals surface area contributed by atoms with Crippen molar-refractivity contribution in [2.24, 2.45) is 10.9 Å². The van der Waals surface area contributed by atoms with Crippen molar-refractivity contribution in [1.82, 2.24) is 15.5 Å². The quantitative estimate of drug-likeness (QED) is 0.555. The van der Waals surface area contributed by atoms with E-state index >= 15 is 0 Å². The molecule has 1 aromatic carbocycles. The van der Waals surface area contributed by atoms with Crippen LogP contribution in [0.2, 0.25) is 0 Å². The number of morpholine rings is 1. The lowest BCUT2D eigenvalue weighted by Gasteiger charge is -2.37. The topological polar surface area (TPSA) is 67.4 Å². The molecule has 2 aliphatic heterocycles. The number of rotatable bonds is 7. The molecule has 1 fully saturated rings. The molecule has 1 atom stereocenters. The van der Waals surface area contributed by atoms with Crippen LogP contribution in [0.25, 0.3) is 0 Å². The molecule has 2 N–H and O–H groups in total. The van der Waals surface area contributed by atoms with Gasteiger partial charge in [0.25, 0.3) is 0 Å². The molecule has 2 aliphatic rings. The molecule has 0 saturated carbocycles. The zero-order chi connectivity index (χ0) is 19.1. The average molecular weight is 377 g/mol. The van der Waals surface area contributed by atoms with E-state index < -0.39 is 0 Å². The minimum atomic E-state index is 0.313. The maximum Gasteiger partial charge on any atom is 0.231 e. The van der Waals surface area contributed by atoms with Crippen LogP contribution in [0.15, 0.2) is 23.2 Å².